The van der Waals surface area contributed by atoms with Crippen LogP contribution in [0.5, 0.6) is 0 Å². The van der Waals surface area contributed by atoms with E-state index in [-0.39, 0.29) is 0 Å². The summed E-state index contributed by atoms with van der Waals surface area (Å²) in [5.41, 5.74) is 1.19. The average molecular weight is 162 g/mol. The van der Waals surface area contributed by atoms with Crippen molar-refractivity contribution in [1.29, 1.82) is 0 Å². The van der Waals surface area contributed by atoms with E-state index < -0.39 is 11.9 Å². The lowest BCUT2D eigenvalue weighted by Gasteiger charge is -2.10. The van der Waals surface area contributed by atoms with Crippen molar-refractivity contribution in [2.24, 2.45) is 15.9 Å². The molecule has 0 spiro atoms. The molecular weight excluding hydrogens is 156 g/mol. The quantitative estimate of drug-likeness (QED) is 0.614. The van der Waals surface area contributed by atoms with Crippen LogP contribution in [-0.2, 0) is 4.79 Å². The van der Waals surface area contributed by atoms with E-state index in [0.717, 1.165) is 0 Å². The maximum absolute atomic E-state index is 10.7. The molecule has 0 aromatic rings. The Hall–Kier alpha value is -1.71. The maximum atomic E-state index is 10.7. The van der Waals surface area contributed by atoms with Crippen molar-refractivity contribution in [3.63, 3.8) is 0 Å². The van der Waals surface area contributed by atoms with Crippen molar-refractivity contribution in [3.05, 3.63) is 23.9 Å². The normalized spacial score (nSPS) is 24.8. The molecule has 1 aliphatic heterocycles. The van der Waals surface area contributed by atoms with Crippen molar-refractivity contribution in [1.82, 2.24) is 0 Å². The van der Waals surface area contributed by atoms with Crippen LogP contribution >= 0.6 is 0 Å². The van der Waals surface area contributed by atoms with Crippen LogP contribution in [-0.4, -0.2) is 23.1 Å². The third kappa shape index (κ3) is 0.887. The molecule has 0 saturated carbocycles. The number of allylic oxidation sites excluding steroid dienone is 3. The maximum Gasteiger partial charge on any atom is 0.316 e. The smallest absolute Gasteiger partial charge is 0.316 e. The summed E-state index contributed by atoms with van der Waals surface area (Å²) < 4.78 is 0. The van der Waals surface area contributed by atoms with E-state index in [9.17, 15) is 4.79 Å². The van der Waals surface area contributed by atoms with Crippen LogP contribution in [0.15, 0.2) is 33.9 Å². The fourth-order valence-corrected chi connectivity index (χ4v) is 1.20. The molecule has 4 heteroatoms. The van der Waals surface area contributed by atoms with E-state index in [1.807, 2.05) is 0 Å². The molecule has 0 aromatic carbocycles. The predicted molar refractivity (Wildman–Crippen MR) is 44.3 cm³/mol. The van der Waals surface area contributed by atoms with Crippen LogP contribution in [0.25, 0.3) is 0 Å². The van der Waals surface area contributed by atoms with E-state index in [1.165, 1.54) is 6.34 Å². The Balaban J connectivity index is 2.39. The summed E-state index contributed by atoms with van der Waals surface area (Å²) >= 11 is 0. The molecule has 0 unspecified atom stereocenters. The molecule has 0 amide bonds. The monoisotopic (exact) mass is 162 g/mol. The highest BCUT2D eigenvalue weighted by atomic mass is 16.4. The second kappa shape index (κ2) is 2.41. The third-order valence-electron chi connectivity index (χ3n) is 1.77. The van der Waals surface area contributed by atoms with Crippen molar-refractivity contribution >= 4 is 18.0 Å². The van der Waals surface area contributed by atoms with Gasteiger partial charge in [0, 0.05) is 0 Å². The van der Waals surface area contributed by atoms with Gasteiger partial charge in [-0.3, -0.25) is 4.79 Å². The zero-order chi connectivity index (χ0) is 8.55. The number of carbonyl (C=O) groups is 1. The van der Waals surface area contributed by atoms with Gasteiger partial charge in [-0.15, -0.1) is 0 Å². The largest absolute Gasteiger partial charge is 0.481 e. The van der Waals surface area contributed by atoms with Gasteiger partial charge in [-0.25, -0.2) is 9.98 Å². The molecule has 0 fully saturated rings. The molecule has 2 aliphatic rings. The number of aliphatic imine (C=N–C) groups is 2. The second-order valence-electron chi connectivity index (χ2n) is 2.51. The number of carboxylic acid groups (broad SMARTS) is 1. The summed E-state index contributed by atoms with van der Waals surface area (Å²) in [6.07, 6.45) is 6.42. The highest BCUT2D eigenvalue weighted by Gasteiger charge is 2.27. The number of hydrogen-bond donors (Lipinski definition) is 1. The van der Waals surface area contributed by atoms with Gasteiger partial charge in [-0.1, -0.05) is 12.2 Å². The van der Waals surface area contributed by atoms with E-state index in [1.54, 1.807) is 18.2 Å². The summed E-state index contributed by atoms with van der Waals surface area (Å²) in [6.45, 7) is 0. The SMILES string of the molecule is O=C(O)[C@@H]1C=CC=C2N=CN=C21. The van der Waals surface area contributed by atoms with Gasteiger partial charge in [0.15, 0.2) is 0 Å². The number of carboxylic acids is 1. The minimum atomic E-state index is -0.888. The fraction of sp³-hybridized carbons (Fsp3) is 0.125. The molecule has 1 aliphatic carbocycles. The molecule has 12 heavy (non-hydrogen) atoms. The Morgan fingerprint density at radius 1 is 1.58 bits per heavy atom. The van der Waals surface area contributed by atoms with E-state index in [0.29, 0.717) is 11.4 Å². The summed E-state index contributed by atoms with van der Waals surface area (Å²) in [5, 5.41) is 8.77. The lowest BCUT2D eigenvalue weighted by atomic mass is 9.96. The molecular formula is C8H6N2O2. The van der Waals surface area contributed by atoms with E-state index in [4.69, 9.17) is 5.11 Å². The molecule has 0 saturated heterocycles. The highest BCUT2D eigenvalue weighted by Crippen LogP contribution is 2.20. The summed E-state index contributed by atoms with van der Waals surface area (Å²) in [7, 11) is 0. The van der Waals surface area contributed by atoms with Crippen LogP contribution in [0, 0.1) is 5.92 Å². The highest BCUT2D eigenvalue weighted by molar-refractivity contribution is 6.18. The van der Waals surface area contributed by atoms with Crippen LogP contribution in [0.3, 0.4) is 0 Å². The third-order valence-corrected chi connectivity index (χ3v) is 1.77. The first kappa shape index (κ1) is 6.97. The minimum Gasteiger partial charge on any atom is -0.481 e. The predicted octanol–water partition coefficient (Wildman–Crippen LogP) is 0.624. The fourth-order valence-electron chi connectivity index (χ4n) is 1.20. The molecule has 0 radical (unpaired) electrons. The zero-order valence-corrected chi connectivity index (χ0v) is 6.14. The molecule has 0 bridgehead atoms. The van der Waals surface area contributed by atoms with Crippen molar-refractivity contribution in [2.45, 2.75) is 0 Å². The molecule has 4 nitrogen and oxygen atoms in total. The number of hydrogen-bond acceptors (Lipinski definition) is 3. The van der Waals surface area contributed by atoms with E-state index >= 15 is 0 Å². The zero-order valence-electron chi connectivity index (χ0n) is 6.14. The van der Waals surface area contributed by atoms with Crippen molar-refractivity contribution in [3.8, 4) is 0 Å². The van der Waals surface area contributed by atoms with Crippen molar-refractivity contribution < 1.29 is 9.90 Å². The van der Waals surface area contributed by atoms with Crippen LogP contribution in [0.2, 0.25) is 0 Å². The van der Waals surface area contributed by atoms with Crippen LogP contribution in [0.4, 0.5) is 0 Å². The van der Waals surface area contributed by atoms with Gasteiger partial charge in [-0.2, -0.15) is 0 Å². The van der Waals surface area contributed by atoms with Gasteiger partial charge in [-0.05, 0) is 6.08 Å². The summed E-state index contributed by atoms with van der Waals surface area (Å²) in [5.74, 6) is -1.52. The average Bonchev–Trinajstić information content (AvgIpc) is 2.49. The summed E-state index contributed by atoms with van der Waals surface area (Å²) in [4.78, 5) is 18.5. The van der Waals surface area contributed by atoms with Gasteiger partial charge in [0.1, 0.15) is 12.3 Å². The molecule has 1 N–H and O–H groups in total. The van der Waals surface area contributed by atoms with Crippen LogP contribution in [0.1, 0.15) is 0 Å². The van der Waals surface area contributed by atoms with Gasteiger partial charge in [0.25, 0.3) is 0 Å². The van der Waals surface area contributed by atoms with Gasteiger partial charge in [0.2, 0.25) is 0 Å². The number of fused-ring (bicyclic) bond motifs is 1. The number of aliphatic carboxylic acids is 1. The standard InChI is InChI=1S/C8H6N2O2/c11-8(12)5-2-1-3-6-7(5)10-4-9-6/h1-5H,(H,11,12)/t5-/m1/s1. The van der Waals surface area contributed by atoms with Gasteiger partial charge in [0.05, 0.1) is 11.4 Å². The lowest BCUT2D eigenvalue weighted by Crippen LogP contribution is -2.23. The van der Waals surface area contributed by atoms with Crippen molar-refractivity contribution in [2.75, 3.05) is 0 Å². The minimum absolute atomic E-state index is 0.532. The Morgan fingerprint density at radius 3 is 3.17 bits per heavy atom. The second-order valence-corrected chi connectivity index (χ2v) is 2.51. The van der Waals surface area contributed by atoms with Gasteiger partial charge < -0.3 is 5.11 Å². The molecule has 0 aromatic heterocycles. The molecule has 2 rings (SSSR count). The lowest BCUT2D eigenvalue weighted by molar-refractivity contribution is -0.138. The first-order valence-electron chi connectivity index (χ1n) is 3.51. The van der Waals surface area contributed by atoms with Gasteiger partial charge >= 0.3 is 5.97 Å². The first-order chi connectivity index (χ1) is 5.79. The molecule has 60 valence electrons. The van der Waals surface area contributed by atoms with E-state index in [2.05, 4.69) is 9.98 Å². The molecule has 1 heterocycles. The Morgan fingerprint density at radius 2 is 2.42 bits per heavy atom. The number of rotatable bonds is 1. The Labute approximate surface area is 68.6 Å². The van der Waals surface area contributed by atoms with Crippen LogP contribution < -0.4 is 0 Å². The molecule has 1 atom stereocenters. The first-order valence-corrected chi connectivity index (χ1v) is 3.51. The summed E-state index contributed by atoms with van der Waals surface area (Å²) in [6, 6.07) is 0. The Bertz CT molecular complexity index is 350. The Kier molecular flexibility index (Phi) is 1.40. The topological polar surface area (TPSA) is 62.0 Å². The number of nitrogens with zero attached hydrogens (tertiary/aromatic N) is 2.